The van der Waals surface area contributed by atoms with E-state index in [9.17, 15) is 19.5 Å². The molecule has 304 valence electrons. The Morgan fingerprint density at radius 2 is 1.38 bits per heavy atom. The number of rotatable bonds is 7. The third kappa shape index (κ3) is 6.51. The minimum atomic E-state index is -0.580. The Bertz CT molecular complexity index is 2060. The topological polar surface area (TPSA) is 96.4 Å². The van der Waals surface area contributed by atoms with Gasteiger partial charge in [0.25, 0.3) is 5.91 Å². The highest BCUT2D eigenvalue weighted by atomic mass is 16.3. The number of anilines is 2. The molecule has 9 aliphatic rings. The van der Waals surface area contributed by atoms with Crippen LogP contribution in [0, 0.1) is 35.0 Å². The molecule has 0 spiro atoms. The Hall–Kier alpha value is -4.37. The van der Waals surface area contributed by atoms with Gasteiger partial charge in [-0.1, -0.05) is 18.2 Å². The molecule has 4 heterocycles. The molecule has 3 aromatic rings. The van der Waals surface area contributed by atoms with E-state index in [1.165, 1.54) is 80.2 Å². The number of aromatic hydroxyl groups is 1. The van der Waals surface area contributed by atoms with Crippen LogP contribution in [0.4, 0.5) is 11.4 Å². The largest absolute Gasteiger partial charge is 0.508 e. The predicted octanol–water partition coefficient (Wildman–Crippen LogP) is 7.10. The number of hydrogen-bond acceptors (Lipinski definition) is 7. The van der Waals surface area contributed by atoms with Crippen molar-refractivity contribution >= 4 is 29.1 Å². The molecule has 4 saturated carbocycles. The lowest BCUT2D eigenvalue weighted by Crippen LogP contribution is -2.52. The van der Waals surface area contributed by atoms with Crippen molar-refractivity contribution in [1.82, 2.24) is 15.1 Å². The number of phenolic OH excluding ortho intramolecular Hbond substituents is 1. The molecule has 3 amide bonds. The third-order valence-electron chi connectivity index (χ3n) is 16.5. The summed E-state index contributed by atoms with van der Waals surface area (Å²) in [5, 5.41) is 12.8. The molecule has 5 aliphatic carbocycles. The van der Waals surface area contributed by atoms with E-state index in [1.54, 1.807) is 4.90 Å². The van der Waals surface area contributed by atoms with Crippen LogP contribution in [0.1, 0.15) is 109 Å². The number of carbonyl (C=O) groups is 3. The number of benzene rings is 3. The molecular formula is C49H59N5O4. The fourth-order valence-electron chi connectivity index (χ4n) is 14.1. The second-order valence-corrected chi connectivity index (χ2v) is 19.8. The van der Waals surface area contributed by atoms with Crippen LogP contribution in [0.2, 0.25) is 0 Å². The van der Waals surface area contributed by atoms with E-state index in [-0.39, 0.29) is 24.1 Å². The van der Waals surface area contributed by atoms with Gasteiger partial charge in [0, 0.05) is 81.6 Å². The number of aryl methyl sites for hydroxylation is 1. The lowest BCUT2D eigenvalue weighted by Gasteiger charge is -2.61. The molecule has 12 rings (SSSR count). The summed E-state index contributed by atoms with van der Waals surface area (Å²) >= 11 is 0. The van der Waals surface area contributed by atoms with Crippen LogP contribution in [-0.2, 0) is 22.6 Å². The Balaban J connectivity index is 0.700. The van der Waals surface area contributed by atoms with Gasteiger partial charge in [0.15, 0.2) is 0 Å². The van der Waals surface area contributed by atoms with Crippen LogP contribution in [0.3, 0.4) is 0 Å². The van der Waals surface area contributed by atoms with Crippen LogP contribution in [0.15, 0.2) is 60.7 Å². The van der Waals surface area contributed by atoms with Crippen molar-refractivity contribution in [3.05, 3.63) is 88.5 Å². The van der Waals surface area contributed by atoms with E-state index in [0.29, 0.717) is 47.4 Å². The molecule has 0 unspecified atom stereocenters. The number of nitrogens with one attached hydrogen (secondary N) is 1. The standard InChI is InChI=1S/C49H59N5O4/c55-40-7-9-41-36(25-40)3-10-43(49-26-32-21-33(27-49)23-34(22-32)28-49)46(41)35-1-4-38(5-2-35)52-15-13-31(14-16-52)29-51-17-19-53(20-18-51)39-6-8-42-37(24-39)30-54(48(42)58)44-11-12-45(56)50-47(44)57/h1-2,4-9,24-25,31-34,43-44,46,55H,3,10-23,26-30H2,(H,50,56,57)/t32?,33?,34?,43-,44-,46+,49?/m0/s1. The summed E-state index contributed by atoms with van der Waals surface area (Å²) in [6.45, 7) is 7.78. The van der Waals surface area contributed by atoms with Crippen molar-refractivity contribution in [1.29, 1.82) is 0 Å². The van der Waals surface area contributed by atoms with Crippen LogP contribution in [0.25, 0.3) is 0 Å². The Labute approximate surface area is 343 Å². The molecule has 3 saturated heterocycles. The average molecular weight is 782 g/mol. The maximum atomic E-state index is 13.2. The Morgan fingerprint density at radius 1 is 0.690 bits per heavy atom. The van der Waals surface area contributed by atoms with E-state index in [1.807, 2.05) is 12.1 Å². The highest BCUT2D eigenvalue weighted by Crippen LogP contribution is 2.66. The van der Waals surface area contributed by atoms with Gasteiger partial charge < -0.3 is 19.8 Å². The molecule has 58 heavy (non-hydrogen) atoms. The third-order valence-corrected chi connectivity index (χ3v) is 16.5. The first-order chi connectivity index (χ1) is 28.2. The zero-order valence-electron chi connectivity index (χ0n) is 33.9. The molecule has 4 bridgehead atoms. The van der Waals surface area contributed by atoms with Gasteiger partial charge in [-0.2, -0.15) is 0 Å². The molecule has 3 atom stereocenters. The van der Waals surface area contributed by atoms with Gasteiger partial charge in [0.1, 0.15) is 11.8 Å². The highest BCUT2D eigenvalue weighted by molar-refractivity contribution is 6.05. The molecule has 2 N–H and O–H groups in total. The summed E-state index contributed by atoms with van der Waals surface area (Å²) in [5.41, 5.74) is 8.96. The lowest BCUT2D eigenvalue weighted by molar-refractivity contribution is -0.136. The first-order valence-electron chi connectivity index (χ1n) is 22.7. The number of fused-ring (bicyclic) bond motifs is 2. The molecule has 3 aromatic carbocycles. The maximum Gasteiger partial charge on any atom is 0.255 e. The minimum Gasteiger partial charge on any atom is -0.508 e. The number of phenols is 1. The predicted molar refractivity (Wildman–Crippen MR) is 225 cm³/mol. The molecule has 0 radical (unpaired) electrons. The number of carbonyl (C=O) groups excluding carboxylic acids is 3. The van der Waals surface area contributed by atoms with Crippen LogP contribution in [-0.4, -0.2) is 84.5 Å². The zero-order valence-corrected chi connectivity index (χ0v) is 33.9. The Morgan fingerprint density at radius 3 is 2.09 bits per heavy atom. The van der Waals surface area contributed by atoms with Crippen LogP contribution < -0.4 is 15.1 Å². The van der Waals surface area contributed by atoms with Crippen molar-refractivity contribution in [2.75, 3.05) is 55.6 Å². The van der Waals surface area contributed by atoms with Gasteiger partial charge in [-0.05, 0) is 170 Å². The molecular weight excluding hydrogens is 723 g/mol. The molecule has 9 nitrogen and oxygen atoms in total. The first kappa shape index (κ1) is 36.7. The zero-order chi connectivity index (χ0) is 39.1. The van der Waals surface area contributed by atoms with E-state index in [0.717, 1.165) is 81.2 Å². The summed E-state index contributed by atoms with van der Waals surface area (Å²) in [6.07, 6.45) is 14.2. The SMILES string of the molecule is O=C1CC[C@H](N2Cc3cc(N4CCN(CC5CCN(c6ccc([C@@H]7c8ccc(O)cc8CC[C@@H]7C78CC9CC(CC(C9)C7)C8)cc6)CC5)CC4)ccc3C2=O)C(=O)N1. The van der Waals surface area contributed by atoms with Crippen molar-refractivity contribution in [2.45, 2.75) is 95.6 Å². The molecule has 7 fully saturated rings. The van der Waals surface area contributed by atoms with Crippen molar-refractivity contribution in [3.8, 4) is 5.75 Å². The monoisotopic (exact) mass is 781 g/mol. The van der Waals surface area contributed by atoms with E-state index in [2.05, 4.69) is 68.5 Å². The fraction of sp³-hybridized carbons (Fsp3) is 0.571. The van der Waals surface area contributed by atoms with Crippen LogP contribution in [0.5, 0.6) is 5.75 Å². The number of amides is 3. The van der Waals surface area contributed by atoms with Gasteiger partial charge in [-0.25, -0.2) is 0 Å². The summed E-state index contributed by atoms with van der Waals surface area (Å²) < 4.78 is 0. The van der Waals surface area contributed by atoms with Gasteiger partial charge in [-0.15, -0.1) is 0 Å². The maximum absolute atomic E-state index is 13.2. The molecule has 4 aliphatic heterocycles. The summed E-state index contributed by atoms with van der Waals surface area (Å²) in [4.78, 5) is 46.7. The molecule has 0 aromatic heterocycles. The summed E-state index contributed by atoms with van der Waals surface area (Å²) in [6, 6.07) is 21.6. The van der Waals surface area contributed by atoms with E-state index < -0.39 is 6.04 Å². The number of imide groups is 1. The van der Waals surface area contributed by atoms with E-state index >= 15 is 0 Å². The molecule has 9 heteroatoms. The summed E-state index contributed by atoms with van der Waals surface area (Å²) in [5.74, 6) is 4.36. The quantitative estimate of drug-likeness (QED) is 0.247. The second kappa shape index (κ2) is 14.4. The highest BCUT2D eigenvalue weighted by Gasteiger charge is 2.56. The Kier molecular flexibility index (Phi) is 9.12. The van der Waals surface area contributed by atoms with Crippen molar-refractivity contribution in [3.63, 3.8) is 0 Å². The number of hydrogen-bond donors (Lipinski definition) is 2. The first-order valence-corrected chi connectivity index (χ1v) is 22.7. The smallest absolute Gasteiger partial charge is 0.255 e. The number of piperazine rings is 1. The van der Waals surface area contributed by atoms with Gasteiger partial charge in [0.05, 0.1) is 0 Å². The van der Waals surface area contributed by atoms with E-state index in [4.69, 9.17) is 0 Å². The van der Waals surface area contributed by atoms with Crippen LogP contribution >= 0.6 is 0 Å². The van der Waals surface area contributed by atoms with Gasteiger partial charge >= 0.3 is 0 Å². The summed E-state index contributed by atoms with van der Waals surface area (Å²) in [7, 11) is 0. The normalized spacial score (nSPS) is 32.4. The minimum absolute atomic E-state index is 0.113. The van der Waals surface area contributed by atoms with Crippen molar-refractivity contribution in [2.24, 2.45) is 35.0 Å². The van der Waals surface area contributed by atoms with Gasteiger partial charge in [-0.3, -0.25) is 24.6 Å². The number of piperidine rings is 2. The fourth-order valence-corrected chi connectivity index (χ4v) is 14.1. The second-order valence-electron chi connectivity index (χ2n) is 19.8. The van der Waals surface area contributed by atoms with Gasteiger partial charge in [0.2, 0.25) is 11.8 Å². The average Bonchev–Trinajstić information content (AvgIpc) is 3.55. The van der Waals surface area contributed by atoms with Crippen molar-refractivity contribution < 1.29 is 19.5 Å². The lowest BCUT2D eigenvalue weighted by atomic mass is 9.43. The number of nitrogens with zero attached hydrogens (tertiary/aromatic N) is 4.